The third-order valence-corrected chi connectivity index (χ3v) is 6.46. The number of rotatable bonds is 10. The van der Waals surface area contributed by atoms with Crippen LogP contribution in [0.1, 0.15) is 12.5 Å². The Morgan fingerprint density at radius 1 is 1.03 bits per heavy atom. The molecule has 0 saturated heterocycles. The van der Waals surface area contributed by atoms with Crippen molar-refractivity contribution in [2.75, 3.05) is 22.5 Å². The molecule has 2 amide bonds. The maximum atomic E-state index is 12.6. The Balaban J connectivity index is 1.53. The molecule has 0 aromatic heterocycles. The fourth-order valence-corrected chi connectivity index (χ4v) is 4.55. The second-order valence-corrected chi connectivity index (χ2v) is 9.96. The Hall–Kier alpha value is -3.89. The normalized spacial score (nSPS) is 12.1. The molecule has 0 aliphatic carbocycles. The molecule has 3 rings (SSSR count). The summed E-state index contributed by atoms with van der Waals surface area (Å²) in [6.07, 6.45) is 2.45. The lowest BCUT2D eigenvalue weighted by Crippen LogP contribution is -2.46. The number of carbonyl (C=O) groups excluding carboxylic acids is 2. The Labute approximate surface area is 214 Å². The Kier molecular flexibility index (Phi) is 9.04. The van der Waals surface area contributed by atoms with Gasteiger partial charge in [0, 0.05) is 0 Å². The molecule has 0 bridgehead atoms. The summed E-state index contributed by atoms with van der Waals surface area (Å²) in [4.78, 5) is 24.6. The smallest absolute Gasteiger partial charge is 0.263 e. The summed E-state index contributed by atoms with van der Waals surface area (Å²) >= 11 is 6.02. The molecule has 188 valence electrons. The van der Waals surface area contributed by atoms with Crippen LogP contribution in [0.3, 0.4) is 0 Å². The molecule has 36 heavy (non-hydrogen) atoms. The molecule has 0 aliphatic heterocycles. The first kappa shape index (κ1) is 26.7. The summed E-state index contributed by atoms with van der Waals surface area (Å²) in [5.74, 6) is -0.486. The Morgan fingerprint density at radius 2 is 1.67 bits per heavy atom. The molecule has 9 nitrogen and oxygen atoms in total. The molecule has 0 radical (unpaired) electrons. The van der Waals surface area contributed by atoms with Crippen molar-refractivity contribution in [3.63, 3.8) is 0 Å². The van der Waals surface area contributed by atoms with Gasteiger partial charge in [-0.1, -0.05) is 41.9 Å². The molecule has 0 heterocycles. The molecule has 0 aliphatic rings. The third kappa shape index (κ3) is 7.56. The zero-order valence-electron chi connectivity index (χ0n) is 19.6. The predicted octanol–water partition coefficient (Wildman–Crippen LogP) is 3.66. The van der Waals surface area contributed by atoms with Crippen molar-refractivity contribution in [2.24, 2.45) is 5.10 Å². The highest BCUT2D eigenvalue weighted by Gasteiger charge is 2.28. The van der Waals surface area contributed by atoms with E-state index in [1.165, 1.54) is 13.1 Å². The third-order valence-electron chi connectivity index (χ3n) is 4.89. The number of hydrazone groups is 1. The number of ether oxygens (including phenoxy) is 1. The maximum absolute atomic E-state index is 12.6. The molecule has 0 saturated carbocycles. The van der Waals surface area contributed by atoms with Crippen molar-refractivity contribution in [1.82, 2.24) is 5.43 Å². The van der Waals surface area contributed by atoms with Crippen molar-refractivity contribution >= 4 is 51.0 Å². The lowest BCUT2D eigenvalue weighted by Gasteiger charge is -2.27. The number of amides is 2. The van der Waals surface area contributed by atoms with Crippen LogP contribution in [0.25, 0.3) is 0 Å². The topological polar surface area (TPSA) is 117 Å². The largest absolute Gasteiger partial charge is 0.484 e. The summed E-state index contributed by atoms with van der Waals surface area (Å²) in [5, 5.41) is 7.02. The van der Waals surface area contributed by atoms with Crippen LogP contribution in [-0.4, -0.2) is 45.4 Å². The predicted molar refractivity (Wildman–Crippen MR) is 141 cm³/mol. The summed E-state index contributed by atoms with van der Waals surface area (Å²) < 4.78 is 31.1. The number of nitrogens with zero attached hydrogens (tertiary/aromatic N) is 2. The first-order valence-corrected chi connectivity index (χ1v) is 13.0. The van der Waals surface area contributed by atoms with Gasteiger partial charge in [-0.05, 0) is 61.0 Å². The highest BCUT2D eigenvalue weighted by Crippen LogP contribution is 2.21. The lowest BCUT2D eigenvalue weighted by atomic mass is 10.2. The summed E-state index contributed by atoms with van der Waals surface area (Å²) in [7, 11) is -3.70. The van der Waals surface area contributed by atoms with E-state index in [1.807, 2.05) is 0 Å². The summed E-state index contributed by atoms with van der Waals surface area (Å²) in [6.45, 7) is 1.28. The van der Waals surface area contributed by atoms with Crippen LogP contribution in [0.2, 0.25) is 5.02 Å². The number of sulfonamides is 1. The number of hydrogen-bond donors (Lipinski definition) is 2. The van der Waals surface area contributed by atoms with Crippen molar-refractivity contribution in [3.8, 4) is 5.75 Å². The molecular formula is C25H25ClN4O5S. The molecule has 0 unspecified atom stereocenters. The zero-order chi connectivity index (χ0) is 26.1. The van der Waals surface area contributed by atoms with E-state index in [9.17, 15) is 18.0 Å². The minimum absolute atomic E-state index is 0.204. The molecule has 3 aromatic rings. The first-order chi connectivity index (χ1) is 17.1. The fourth-order valence-electron chi connectivity index (χ4n) is 3.20. The van der Waals surface area contributed by atoms with Gasteiger partial charge in [0.1, 0.15) is 11.8 Å². The van der Waals surface area contributed by atoms with Crippen LogP contribution in [0.4, 0.5) is 11.4 Å². The van der Waals surface area contributed by atoms with Crippen LogP contribution in [0.15, 0.2) is 84.0 Å². The number of para-hydroxylation sites is 2. The van der Waals surface area contributed by atoms with Crippen molar-refractivity contribution in [3.05, 3.63) is 89.4 Å². The molecule has 0 spiro atoms. The fraction of sp³-hybridized carbons (Fsp3) is 0.160. The zero-order valence-corrected chi connectivity index (χ0v) is 21.2. The number of carbonyl (C=O) groups is 2. The first-order valence-electron chi connectivity index (χ1n) is 10.8. The van der Waals surface area contributed by atoms with E-state index < -0.39 is 22.0 Å². The van der Waals surface area contributed by atoms with E-state index in [0.717, 1.165) is 10.6 Å². The van der Waals surface area contributed by atoms with Crippen molar-refractivity contribution in [2.45, 2.75) is 13.0 Å². The molecule has 11 heteroatoms. The van der Waals surface area contributed by atoms with Gasteiger partial charge in [-0.3, -0.25) is 13.9 Å². The summed E-state index contributed by atoms with van der Waals surface area (Å²) in [5.41, 5.74) is 3.89. The lowest BCUT2D eigenvalue weighted by molar-refractivity contribution is -0.121. The number of anilines is 2. The number of benzene rings is 3. The highest BCUT2D eigenvalue weighted by atomic mass is 35.5. The van der Waals surface area contributed by atoms with E-state index in [1.54, 1.807) is 78.9 Å². The average molecular weight is 529 g/mol. The van der Waals surface area contributed by atoms with E-state index in [2.05, 4.69) is 15.8 Å². The van der Waals surface area contributed by atoms with Gasteiger partial charge < -0.3 is 10.1 Å². The van der Waals surface area contributed by atoms with Gasteiger partial charge in [0.15, 0.2) is 6.61 Å². The number of halogens is 1. The van der Waals surface area contributed by atoms with Crippen LogP contribution < -0.4 is 19.8 Å². The van der Waals surface area contributed by atoms with Gasteiger partial charge in [0.05, 0.1) is 28.9 Å². The molecule has 1 atom stereocenters. The van der Waals surface area contributed by atoms with Crippen LogP contribution in [-0.2, 0) is 19.6 Å². The SMILES string of the molecule is C[C@@H](C(=O)N/N=C\c1ccc(OCC(=O)Nc2ccccc2Cl)cc1)N(c1ccccc1)S(C)(=O)=O. The number of nitrogens with one attached hydrogen (secondary N) is 2. The maximum Gasteiger partial charge on any atom is 0.263 e. The van der Waals surface area contributed by atoms with Crippen molar-refractivity contribution < 1.29 is 22.7 Å². The van der Waals surface area contributed by atoms with Gasteiger partial charge in [-0.2, -0.15) is 5.10 Å². The van der Waals surface area contributed by atoms with Gasteiger partial charge in [-0.25, -0.2) is 13.8 Å². The number of hydrogen-bond acceptors (Lipinski definition) is 6. The van der Waals surface area contributed by atoms with Crippen LogP contribution >= 0.6 is 11.6 Å². The molecular weight excluding hydrogens is 504 g/mol. The van der Waals surface area contributed by atoms with Crippen LogP contribution in [0, 0.1) is 0 Å². The monoisotopic (exact) mass is 528 g/mol. The second-order valence-electron chi connectivity index (χ2n) is 7.69. The van der Waals surface area contributed by atoms with E-state index in [4.69, 9.17) is 16.3 Å². The summed E-state index contributed by atoms with van der Waals surface area (Å²) in [6, 6.07) is 20.9. The van der Waals surface area contributed by atoms with E-state index in [-0.39, 0.29) is 12.5 Å². The molecule has 3 aromatic carbocycles. The van der Waals surface area contributed by atoms with E-state index in [0.29, 0.717) is 27.7 Å². The Morgan fingerprint density at radius 3 is 2.31 bits per heavy atom. The molecule has 2 N–H and O–H groups in total. The standard InChI is InChI=1S/C25H25ClN4O5S/c1-18(30(36(2,33)34)20-8-4-3-5-9-20)25(32)29-27-16-19-12-14-21(15-13-19)35-17-24(31)28-23-11-7-6-10-22(23)26/h3-16,18H,17H2,1-2H3,(H,28,31)(H,29,32)/b27-16-/t18-/m0/s1. The highest BCUT2D eigenvalue weighted by molar-refractivity contribution is 7.92. The molecule has 0 fully saturated rings. The van der Waals surface area contributed by atoms with Crippen molar-refractivity contribution in [1.29, 1.82) is 0 Å². The second kappa shape index (κ2) is 12.2. The van der Waals surface area contributed by atoms with E-state index >= 15 is 0 Å². The average Bonchev–Trinajstić information content (AvgIpc) is 2.85. The minimum atomic E-state index is -3.70. The van der Waals surface area contributed by atoms with Crippen LogP contribution in [0.5, 0.6) is 5.75 Å². The quantitative estimate of drug-likeness (QED) is 0.307. The van der Waals surface area contributed by atoms with Gasteiger partial charge >= 0.3 is 0 Å². The van der Waals surface area contributed by atoms with Gasteiger partial charge in [0.25, 0.3) is 11.8 Å². The van der Waals surface area contributed by atoms with Gasteiger partial charge in [0.2, 0.25) is 10.0 Å². The Bertz CT molecular complexity index is 1330. The van der Waals surface area contributed by atoms with Gasteiger partial charge in [-0.15, -0.1) is 0 Å². The minimum Gasteiger partial charge on any atom is -0.484 e.